The standard InChI is InChI=1S/C18H19ClN4OS/c19-14-7-5-13(6-8-14)16-10-15(24-23-16)11-25-18-20-17(21-22-18)9-12-3-1-2-4-12/h5-8,10,12H,1-4,9,11H2,(H,20,21,22). The molecule has 130 valence electrons. The van der Waals surface area contributed by atoms with Gasteiger partial charge in [-0.15, -0.1) is 5.10 Å². The number of aromatic nitrogens is 4. The Bertz CT molecular complexity index is 824. The minimum Gasteiger partial charge on any atom is -0.360 e. The van der Waals surface area contributed by atoms with Crippen LogP contribution in [0.25, 0.3) is 11.3 Å². The summed E-state index contributed by atoms with van der Waals surface area (Å²) in [4.78, 5) is 4.58. The maximum atomic E-state index is 5.91. The fourth-order valence-corrected chi connectivity index (χ4v) is 4.01. The predicted octanol–water partition coefficient (Wildman–Crippen LogP) is 5.14. The molecule has 1 N–H and O–H groups in total. The van der Waals surface area contributed by atoms with E-state index < -0.39 is 0 Å². The van der Waals surface area contributed by atoms with Crippen molar-refractivity contribution in [2.45, 2.75) is 43.0 Å². The maximum absolute atomic E-state index is 5.91. The van der Waals surface area contributed by atoms with E-state index >= 15 is 0 Å². The zero-order chi connectivity index (χ0) is 17.1. The lowest BCUT2D eigenvalue weighted by Gasteiger charge is -2.03. The van der Waals surface area contributed by atoms with Crippen molar-refractivity contribution >= 4 is 23.4 Å². The zero-order valence-corrected chi connectivity index (χ0v) is 15.3. The summed E-state index contributed by atoms with van der Waals surface area (Å²) in [5.74, 6) is 3.22. The third kappa shape index (κ3) is 4.25. The molecule has 0 radical (unpaired) electrons. The van der Waals surface area contributed by atoms with E-state index in [4.69, 9.17) is 16.1 Å². The van der Waals surface area contributed by atoms with Gasteiger partial charge >= 0.3 is 0 Å². The van der Waals surface area contributed by atoms with Crippen molar-refractivity contribution in [3.05, 3.63) is 46.9 Å². The molecule has 25 heavy (non-hydrogen) atoms. The van der Waals surface area contributed by atoms with Crippen molar-refractivity contribution in [2.75, 3.05) is 0 Å². The highest BCUT2D eigenvalue weighted by Gasteiger charge is 2.17. The SMILES string of the molecule is Clc1ccc(-c2cc(CSc3n[nH]c(CC4CCCC4)n3)on2)cc1. The summed E-state index contributed by atoms with van der Waals surface area (Å²) in [6, 6.07) is 9.50. The van der Waals surface area contributed by atoms with Gasteiger partial charge in [-0.05, 0) is 18.1 Å². The number of hydrogen-bond donors (Lipinski definition) is 1. The van der Waals surface area contributed by atoms with Crippen LogP contribution in [0.1, 0.15) is 37.3 Å². The summed E-state index contributed by atoms with van der Waals surface area (Å²) >= 11 is 7.47. The molecule has 1 fully saturated rings. The summed E-state index contributed by atoms with van der Waals surface area (Å²) in [6.07, 6.45) is 6.34. The lowest BCUT2D eigenvalue weighted by molar-refractivity contribution is 0.397. The van der Waals surface area contributed by atoms with Gasteiger partial charge in [0.2, 0.25) is 5.16 Å². The van der Waals surface area contributed by atoms with Crippen LogP contribution in [0, 0.1) is 5.92 Å². The Morgan fingerprint density at radius 3 is 2.80 bits per heavy atom. The molecule has 1 aliphatic carbocycles. The number of halogens is 1. The summed E-state index contributed by atoms with van der Waals surface area (Å²) in [7, 11) is 0. The van der Waals surface area contributed by atoms with Gasteiger partial charge in [-0.2, -0.15) is 0 Å². The Morgan fingerprint density at radius 1 is 1.20 bits per heavy atom. The molecule has 2 heterocycles. The van der Waals surface area contributed by atoms with E-state index in [0.717, 1.165) is 40.3 Å². The van der Waals surface area contributed by atoms with Crippen LogP contribution in [0.2, 0.25) is 5.02 Å². The molecule has 4 rings (SSSR count). The van der Waals surface area contributed by atoms with Crippen molar-refractivity contribution in [1.29, 1.82) is 0 Å². The average Bonchev–Trinajstić information content (AvgIpc) is 3.36. The molecule has 0 bridgehead atoms. The van der Waals surface area contributed by atoms with Gasteiger partial charge in [0.05, 0.1) is 5.75 Å². The van der Waals surface area contributed by atoms with E-state index in [1.165, 1.54) is 25.7 Å². The first-order valence-electron chi connectivity index (χ1n) is 8.52. The molecule has 0 saturated heterocycles. The van der Waals surface area contributed by atoms with E-state index in [9.17, 15) is 0 Å². The first-order valence-corrected chi connectivity index (χ1v) is 9.88. The third-order valence-electron chi connectivity index (χ3n) is 4.51. The molecule has 0 atom stereocenters. The van der Waals surface area contributed by atoms with Crippen LogP contribution in [-0.2, 0) is 12.2 Å². The minimum atomic E-state index is 0.654. The topological polar surface area (TPSA) is 67.6 Å². The molecule has 7 heteroatoms. The first kappa shape index (κ1) is 16.7. The van der Waals surface area contributed by atoms with Crippen molar-refractivity contribution in [3.8, 4) is 11.3 Å². The molecule has 0 spiro atoms. The molecule has 5 nitrogen and oxygen atoms in total. The van der Waals surface area contributed by atoms with Gasteiger partial charge in [0.15, 0.2) is 0 Å². The van der Waals surface area contributed by atoms with Crippen LogP contribution >= 0.6 is 23.4 Å². The van der Waals surface area contributed by atoms with Crippen molar-refractivity contribution in [1.82, 2.24) is 20.3 Å². The van der Waals surface area contributed by atoms with E-state index in [1.807, 2.05) is 30.3 Å². The largest absolute Gasteiger partial charge is 0.360 e. The molecule has 0 amide bonds. The highest BCUT2D eigenvalue weighted by atomic mass is 35.5. The van der Waals surface area contributed by atoms with E-state index in [0.29, 0.717) is 10.8 Å². The predicted molar refractivity (Wildman–Crippen MR) is 98.6 cm³/mol. The van der Waals surface area contributed by atoms with Crippen LogP contribution in [0.5, 0.6) is 0 Å². The monoisotopic (exact) mass is 374 g/mol. The molecule has 0 unspecified atom stereocenters. The van der Waals surface area contributed by atoms with Crippen molar-refractivity contribution in [3.63, 3.8) is 0 Å². The molecule has 2 aromatic heterocycles. The normalized spacial score (nSPS) is 15.1. The highest BCUT2D eigenvalue weighted by Crippen LogP contribution is 2.28. The molecule has 1 aromatic carbocycles. The van der Waals surface area contributed by atoms with Crippen LogP contribution in [0.4, 0.5) is 0 Å². The first-order chi connectivity index (χ1) is 12.3. The minimum absolute atomic E-state index is 0.654. The second-order valence-electron chi connectivity index (χ2n) is 6.39. The second-order valence-corrected chi connectivity index (χ2v) is 7.77. The number of nitrogens with one attached hydrogen (secondary N) is 1. The second kappa shape index (κ2) is 7.62. The molecular weight excluding hydrogens is 356 g/mol. The third-order valence-corrected chi connectivity index (χ3v) is 5.63. The van der Waals surface area contributed by atoms with Gasteiger partial charge in [0.25, 0.3) is 0 Å². The van der Waals surface area contributed by atoms with Gasteiger partial charge in [-0.25, -0.2) is 4.98 Å². The fraction of sp³-hybridized carbons (Fsp3) is 0.389. The Hall–Kier alpha value is -1.79. The quantitative estimate of drug-likeness (QED) is 0.605. The molecule has 1 saturated carbocycles. The number of benzene rings is 1. The van der Waals surface area contributed by atoms with Crippen molar-refractivity contribution < 1.29 is 4.52 Å². The van der Waals surface area contributed by atoms with Crippen LogP contribution in [0.3, 0.4) is 0 Å². The Morgan fingerprint density at radius 2 is 2.00 bits per heavy atom. The smallest absolute Gasteiger partial charge is 0.208 e. The molecule has 0 aliphatic heterocycles. The van der Waals surface area contributed by atoms with Gasteiger partial charge in [0.1, 0.15) is 17.3 Å². The van der Waals surface area contributed by atoms with E-state index in [2.05, 4.69) is 20.3 Å². The summed E-state index contributed by atoms with van der Waals surface area (Å²) in [6.45, 7) is 0. The number of nitrogens with zero attached hydrogens (tertiary/aromatic N) is 3. The van der Waals surface area contributed by atoms with Crippen LogP contribution < -0.4 is 0 Å². The van der Waals surface area contributed by atoms with Crippen molar-refractivity contribution in [2.24, 2.45) is 5.92 Å². The van der Waals surface area contributed by atoms with Gasteiger partial charge in [0, 0.05) is 23.1 Å². The Kier molecular flexibility index (Phi) is 5.08. The van der Waals surface area contributed by atoms with Gasteiger partial charge < -0.3 is 4.52 Å². The summed E-state index contributed by atoms with van der Waals surface area (Å²) in [5, 5.41) is 13.0. The van der Waals surface area contributed by atoms with E-state index in [-0.39, 0.29) is 0 Å². The van der Waals surface area contributed by atoms with Crippen LogP contribution in [-0.4, -0.2) is 20.3 Å². The number of aromatic amines is 1. The number of thioether (sulfide) groups is 1. The van der Waals surface area contributed by atoms with Gasteiger partial charge in [-0.3, -0.25) is 5.10 Å². The average molecular weight is 375 g/mol. The lowest BCUT2D eigenvalue weighted by atomic mass is 10.0. The Labute approximate surface area is 155 Å². The molecule has 1 aliphatic rings. The van der Waals surface area contributed by atoms with E-state index in [1.54, 1.807) is 11.8 Å². The van der Waals surface area contributed by atoms with Crippen LogP contribution in [0.15, 0.2) is 40.0 Å². The molecular formula is C18H19ClN4OS. The lowest BCUT2D eigenvalue weighted by Crippen LogP contribution is -2.00. The maximum Gasteiger partial charge on any atom is 0.208 e. The number of rotatable bonds is 6. The number of hydrogen-bond acceptors (Lipinski definition) is 5. The fourth-order valence-electron chi connectivity index (χ4n) is 3.19. The highest BCUT2D eigenvalue weighted by molar-refractivity contribution is 7.98. The summed E-state index contributed by atoms with van der Waals surface area (Å²) < 4.78 is 5.42. The number of H-pyrrole nitrogens is 1. The molecule has 3 aromatic rings. The van der Waals surface area contributed by atoms with Gasteiger partial charge in [-0.1, -0.05) is 66.3 Å². The summed E-state index contributed by atoms with van der Waals surface area (Å²) in [5.41, 5.74) is 1.80. The zero-order valence-electron chi connectivity index (χ0n) is 13.7. The Balaban J connectivity index is 1.34.